The standard InChI is InChI=1S/C16H31N7O5S/c1-8(2)12(15(27)28)23-11(24)6-21-14(26)10(4-3-5-20-16(18)19)22-13(25)9(17)7-29/h8-10,12,29H,3-7,17H2,1-2H3,(H,21,26)(H,22,25)(H,23,24)(H,27,28)(H4,18,19,20). The highest BCUT2D eigenvalue weighted by atomic mass is 32.1. The number of hydrogen-bond acceptors (Lipinski definition) is 7. The number of carbonyl (C=O) groups excluding carboxylic acids is 3. The second kappa shape index (κ2) is 13.6. The van der Waals surface area contributed by atoms with Crippen molar-refractivity contribution in [3.8, 4) is 0 Å². The Kier molecular flexibility index (Phi) is 12.4. The SMILES string of the molecule is CC(C)C(NC(=O)CNC(=O)C(CCCN=C(N)N)NC(=O)C(N)CS)C(=O)O. The first-order valence-corrected chi connectivity index (χ1v) is 9.64. The summed E-state index contributed by atoms with van der Waals surface area (Å²) in [5.74, 6) is -3.39. The van der Waals surface area contributed by atoms with Crippen LogP contribution in [0.5, 0.6) is 0 Å². The van der Waals surface area contributed by atoms with Crippen molar-refractivity contribution in [2.45, 2.75) is 44.8 Å². The number of aliphatic carboxylic acids is 1. The van der Waals surface area contributed by atoms with Crippen LogP contribution < -0.4 is 33.2 Å². The minimum Gasteiger partial charge on any atom is -0.480 e. The van der Waals surface area contributed by atoms with Gasteiger partial charge in [-0.2, -0.15) is 12.6 Å². The van der Waals surface area contributed by atoms with Crippen molar-refractivity contribution in [1.29, 1.82) is 0 Å². The van der Waals surface area contributed by atoms with Crippen LogP contribution in [0.15, 0.2) is 4.99 Å². The number of rotatable bonds is 13. The van der Waals surface area contributed by atoms with Crippen LogP contribution in [-0.2, 0) is 19.2 Å². The topological polar surface area (TPSA) is 215 Å². The number of hydrogen-bond donors (Lipinski definition) is 8. The molecule has 0 aromatic heterocycles. The van der Waals surface area contributed by atoms with Gasteiger partial charge in [0.2, 0.25) is 17.7 Å². The van der Waals surface area contributed by atoms with Crippen molar-refractivity contribution >= 4 is 42.3 Å². The summed E-state index contributed by atoms with van der Waals surface area (Å²) >= 11 is 3.94. The normalized spacial score (nSPS) is 13.7. The first kappa shape index (κ1) is 26.5. The fraction of sp³-hybridized carbons (Fsp3) is 0.688. The number of thiol groups is 1. The fourth-order valence-electron chi connectivity index (χ4n) is 2.16. The second-order valence-corrected chi connectivity index (χ2v) is 7.01. The third-order valence-electron chi connectivity index (χ3n) is 3.78. The van der Waals surface area contributed by atoms with Crippen LogP contribution in [0.2, 0.25) is 0 Å². The van der Waals surface area contributed by atoms with E-state index in [2.05, 4.69) is 33.6 Å². The molecule has 0 heterocycles. The van der Waals surface area contributed by atoms with E-state index in [4.69, 9.17) is 22.3 Å². The Hall–Kier alpha value is -2.54. The molecule has 0 radical (unpaired) electrons. The minimum atomic E-state index is -1.18. The molecule has 0 aliphatic carbocycles. The summed E-state index contributed by atoms with van der Waals surface area (Å²) in [4.78, 5) is 51.3. The zero-order valence-electron chi connectivity index (χ0n) is 16.6. The average Bonchev–Trinajstić information content (AvgIpc) is 2.64. The number of nitrogens with zero attached hydrogens (tertiary/aromatic N) is 1. The van der Waals surface area contributed by atoms with Gasteiger partial charge in [-0.05, 0) is 18.8 Å². The predicted octanol–water partition coefficient (Wildman–Crippen LogP) is -2.88. The minimum absolute atomic E-state index is 0.0857. The lowest BCUT2D eigenvalue weighted by molar-refractivity contribution is -0.143. The number of carboxylic acid groups (broad SMARTS) is 1. The molecule has 0 saturated heterocycles. The Bertz CT molecular complexity index is 610. The van der Waals surface area contributed by atoms with E-state index >= 15 is 0 Å². The Balaban J connectivity index is 4.86. The molecule has 0 spiro atoms. The molecule has 0 aromatic carbocycles. The summed E-state index contributed by atoms with van der Waals surface area (Å²) in [5, 5.41) is 16.3. The number of amides is 3. The van der Waals surface area contributed by atoms with E-state index in [1.54, 1.807) is 13.8 Å². The molecule has 166 valence electrons. The monoisotopic (exact) mass is 433 g/mol. The van der Waals surface area contributed by atoms with Gasteiger partial charge in [-0.1, -0.05) is 13.8 Å². The number of aliphatic imine (C=N–C) groups is 1. The van der Waals surface area contributed by atoms with Gasteiger partial charge in [0.15, 0.2) is 5.96 Å². The van der Waals surface area contributed by atoms with Crippen molar-refractivity contribution in [2.24, 2.45) is 28.1 Å². The van der Waals surface area contributed by atoms with Crippen LogP contribution in [-0.4, -0.2) is 71.7 Å². The molecule has 29 heavy (non-hydrogen) atoms. The van der Waals surface area contributed by atoms with Gasteiger partial charge in [0, 0.05) is 12.3 Å². The van der Waals surface area contributed by atoms with Gasteiger partial charge in [0.05, 0.1) is 12.6 Å². The summed E-state index contributed by atoms with van der Waals surface area (Å²) in [6, 6.07) is -2.96. The van der Waals surface area contributed by atoms with Gasteiger partial charge in [-0.25, -0.2) is 4.79 Å². The molecule has 0 aliphatic rings. The molecule has 12 nitrogen and oxygen atoms in total. The van der Waals surface area contributed by atoms with E-state index < -0.39 is 48.4 Å². The largest absolute Gasteiger partial charge is 0.480 e. The van der Waals surface area contributed by atoms with E-state index in [0.717, 1.165) is 0 Å². The smallest absolute Gasteiger partial charge is 0.326 e. The number of nitrogens with two attached hydrogens (primary N) is 3. The van der Waals surface area contributed by atoms with Gasteiger partial charge in [-0.3, -0.25) is 19.4 Å². The van der Waals surface area contributed by atoms with Gasteiger partial charge >= 0.3 is 5.97 Å². The van der Waals surface area contributed by atoms with E-state index in [-0.39, 0.29) is 30.6 Å². The highest BCUT2D eigenvalue weighted by molar-refractivity contribution is 7.80. The molecule has 0 fully saturated rings. The quantitative estimate of drug-likeness (QED) is 0.0651. The molecule has 3 amide bonds. The molecule has 0 rings (SSSR count). The predicted molar refractivity (Wildman–Crippen MR) is 111 cm³/mol. The van der Waals surface area contributed by atoms with Crippen LogP contribution in [0.4, 0.5) is 0 Å². The number of carboxylic acids is 1. The lowest BCUT2D eigenvalue weighted by Gasteiger charge is -2.21. The lowest BCUT2D eigenvalue weighted by atomic mass is 10.0. The second-order valence-electron chi connectivity index (χ2n) is 6.64. The number of carbonyl (C=O) groups is 4. The molecular formula is C16H31N7O5S. The Morgan fingerprint density at radius 1 is 1.10 bits per heavy atom. The molecule has 0 bridgehead atoms. The van der Waals surface area contributed by atoms with Crippen molar-refractivity contribution in [2.75, 3.05) is 18.8 Å². The molecule has 3 atom stereocenters. The summed E-state index contributed by atoms with van der Waals surface area (Å²) in [5.41, 5.74) is 16.1. The van der Waals surface area contributed by atoms with E-state index in [1.807, 2.05) is 0 Å². The maximum atomic E-state index is 12.4. The summed E-state index contributed by atoms with van der Waals surface area (Å²) in [7, 11) is 0. The first-order valence-electron chi connectivity index (χ1n) is 9.01. The Morgan fingerprint density at radius 2 is 1.72 bits per heavy atom. The molecule has 0 aliphatic heterocycles. The van der Waals surface area contributed by atoms with Crippen molar-refractivity contribution in [3.05, 3.63) is 0 Å². The zero-order chi connectivity index (χ0) is 22.6. The molecular weight excluding hydrogens is 402 g/mol. The van der Waals surface area contributed by atoms with Crippen LogP contribution in [0.1, 0.15) is 26.7 Å². The fourth-order valence-corrected chi connectivity index (χ4v) is 2.33. The molecule has 13 heteroatoms. The van der Waals surface area contributed by atoms with E-state index in [0.29, 0.717) is 6.42 Å². The Labute approximate surface area is 174 Å². The van der Waals surface area contributed by atoms with Crippen LogP contribution >= 0.6 is 12.6 Å². The number of nitrogens with one attached hydrogen (secondary N) is 3. The molecule has 3 unspecified atom stereocenters. The summed E-state index contributed by atoms with van der Waals surface area (Å²) in [6.45, 7) is 3.08. The average molecular weight is 434 g/mol. The van der Waals surface area contributed by atoms with Crippen molar-refractivity contribution in [3.63, 3.8) is 0 Å². The zero-order valence-corrected chi connectivity index (χ0v) is 17.4. The van der Waals surface area contributed by atoms with E-state index in [1.165, 1.54) is 0 Å². The Morgan fingerprint density at radius 3 is 2.21 bits per heavy atom. The third kappa shape index (κ3) is 11.1. The first-order chi connectivity index (χ1) is 13.5. The molecule has 10 N–H and O–H groups in total. The van der Waals surface area contributed by atoms with Crippen LogP contribution in [0, 0.1) is 5.92 Å². The molecule has 0 saturated carbocycles. The third-order valence-corrected chi connectivity index (χ3v) is 4.18. The van der Waals surface area contributed by atoms with Crippen molar-refractivity contribution in [1.82, 2.24) is 16.0 Å². The maximum absolute atomic E-state index is 12.4. The maximum Gasteiger partial charge on any atom is 0.326 e. The lowest BCUT2D eigenvalue weighted by Crippen LogP contribution is -2.54. The van der Waals surface area contributed by atoms with Crippen molar-refractivity contribution < 1.29 is 24.3 Å². The summed E-state index contributed by atoms with van der Waals surface area (Å²) < 4.78 is 0. The summed E-state index contributed by atoms with van der Waals surface area (Å²) in [6.07, 6.45) is 0.575. The van der Waals surface area contributed by atoms with Gasteiger partial charge < -0.3 is 38.3 Å². The number of guanidine groups is 1. The highest BCUT2D eigenvalue weighted by Gasteiger charge is 2.26. The van der Waals surface area contributed by atoms with Gasteiger partial charge in [0.25, 0.3) is 0 Å². The molecule has 0 aromatic rings. The van der Waals surface area contributed by atoms with Gasteiger partial charge in [-0.15, -0.1) is 0 Å². The van der Waals surface area contributed by atoms with Crippen LogP contribution in [0.25, 0.3) is 0 Å². The van der Waals surface area contributed by atoms with Crippen LogP contribution in [0.3, 0.4) is 0 Å². The highest BCUT2D eigenvalue weighted by Crippen LogP contribution is 2.02. The van der Waals surface area contributed by atoms with Gasteiger partial charge in [0.1, 0.15) is 12.1 Å². The van der Waals surface area contributed by atoms with E-state index in [9.17, 15) is 19.2 Å².